The van der Waals surface area contributed by atoms with E-state index in [4.69, 9.17) is 21.1 Å². The summed E-state index contributed by atoms with van der Waals surface area (Å²) in [5.41, 5.74) is 4.87. The number of halogens is 2. The van der Waals surface area contributed by atoms with Crippen LogP contribution in [0.5, 0.6) is 5.75 Å². The first kappa shape index (κ1) is 24.5. The number of aromatic nitrogens is 3. The van der Waals surface area contributed by atoms with Crippen LogP contribution in [0.3, 0.4) is 0 Å². The summed E-state index contributed by atoms with van der Waals surface area (Å²) in [6.07, 6.45) is 1.06. The van der Waals surface area contributed by atoms with Gasteiger partial charge in [-0.3, -0.25) is 4.68 Å². The number of ether oxygens (including phenoxy) is 2. The molecule has 9 heteroatoms. The number of benzene rings is 3. The SMILES string of the molecule is Cc1nn2c(c1-c1c(Cl)ccc3c(CCCOc4cccc5cc(F)ccc45)c(C(=O)O)[nH]c13)COCC2. The minimum absolute atomic E-state index is 0.138. The van der Waals surface area contributed by atoms with Gasteiger partial charge in [-0.15, -0.1) is 0 Å². The number of aromatic carboxylic acids is 1. The van der Waals surface area contributed by atoms with Gasteiger partial charge in [-0.2, -0.15) is 5.10 Å². The minimum Gasteiger partial charge on any atom is -0.493 e. The van der Waals surface area contributed by atoms with Gasteiger partial charge in [0.05, 0.1) is 48.3 Å². The van der Waals surface area contributed by atoms with E-state index in [0.29, 0.717) is 61.1 Å². The molecule has 1 aliphatic rings. The number of aryl methyl sites for hydroxylation is 2. The molecule has 0 amide bonds. The van der Waals surface area contributed by atoms with Gasteiger partial charge in [0, 0.05) is 21.9 Å². The number of carboxylic acid groups (broad SMARTS) is 1. The van der Waals surface area contributed by atoms with E-state index in [0.717, 1.165) is 38.7 Å². The number of hydrogen-bond acceptors (Lipinski definition) is 4. The monoisotopic (exact) mass is 533 g/mol. The summed E-state index contributed by atoms with van der Waals surface area (Å²) in [5.74, 6) is -0.668. The lowest BCUT2D eigenvalue weighted by atomic mass is 9.98. The van der Waals surface area contributed by atoms with Crippen LogP contribution in [-0.4, -0.2) is 39.1 Å². The summed E-state index contributed by atoms with van der Waals surface area (Å²) in [6.45, 7) is 3.97. The maximum Gasteiger partial charge on any atom is 0.352 e. The molecule has 0 aliphatic carbocycles. The number of aromatic amines is 1. The highest BCUT2D eigenvalue weighted by Gasteiger charge is 2.26. The molecular weight excluding hydrogens is 509 g/mol. The molecule has 0 radical (unpaired) electrons. The Morgan fingerprint density at radius 1 is 1.21 bits per heavy atom. The molecule has 5 aromatic rings. The number of rotatable bonds is 7. The molecule has 194 valence electrons. The summed E-state index contributed by atoms with van der Waals surface area (Å²) in [7, 11) is 0. The molecule has 3 heterocycles. The van der Waals surface area contributed by atoms with Gasteiger partial charge in [0.25, 0.3) is 0 Å². The molecule has 2 N–H and O–H groups in total. The number of nitrogens with one attached hydrogen (secondary N) is 1. The van der Waals surface area contributed by atoms with Crippen LogP contribution in [0, 0.1) is 12.7 Å². The van der Waals surface area contributed by atoms with E-state index in [9.17, 15) is 14.3 Å². The largest absolute Gasteiger partial charge is 0.493 e. The minimum atomic E-state index is -1.03. The van der Waals surface area contributed by atoms with Gasteiger partial charge in [-0.1, -0.05) is 29.8 Å². The van der Waals surface area contributed by atoms with Crippen LogP contribution in [0.2, 0.25) is 5.02 Å². The van der Waals surface area contributed by atoms with Crippen molar-refractivity contribution in [1.82, 2.24) is 14.8 Å². The van der Waals surface area contributed by atoms with Crippen molar-refractivity contribution in [3.8, 4) is 16.9 Å². The maximum atomic E-state index is 13.6. The van der Waals surface area contributed by atoms with E-state index in [1.54, 1.807) is 12.1 Å². The lowest BCUT2D eigenvalue weighted by Gasteiger charge is -2.16. The molecule has 0 saturated heterocycles. The Morgan fingerprint density at radius 2 is 2.05 bits per heavy atom. The van der Waals surface area contributed by atoms with Crippen LogP contribution in [-0.2, 0) is 24.3 Å². The third-order valence-corrected chi connectivity index (χ3v) is 7.36. The zero-order valence-corrected chi connectivity index (χ0v) is 21.4. The second-order valence-corrected chi connectivity index (χ2v) is 9.79. The van der Waals surface area contributed by atoms with Crippen molar-refractivity contribution in [2.45, 2.75) is 32.9 Å². The normalized spacial score (nSPS) is 13.2. The predicted molar refractivity (Wildman–Crippen MR) is 144 cm³/mol. The summed E-state index contributed by atoms with van der Waals surface area (Å²) in [5, 5.41) is 17.6. The van der Waals surface area contributed by atoms with Gasteiger partial charge in [0.15, 0.2) is 0 Å². The third kappa shape index (κ3) is 4.19. The topological polar surface area (TPSA) is 89.4 Å². The lowest BCUT2D eigenvalue weighted by Crippen LogP contribution is -2.17. The van der Waals surface area contributed by atoms with Gasteiger partial charge < -0.3 is 19.6 Å². The van der Waals surface area contributed by atoms with Crippen molar-refractivity contribution in [2.75, 3.05) is 13.2 Å². The number of nitrogens with zero attached hydrogens (tertiary/aromatic N) is 2. The summed E-state index contributed by atoms with van der Waals surface area (Å²) in [6, 6.07) is 13.8. The molecule has 6 rings (SSSR count). The zero-order chi connectivity index (χ0) is 26.4. The zero-order valence-electron chi connectivity index (χ0n) is 20.7. The van der Waals surface area contributed by atoms with E-state index in [2.05, 4.69) is 10.1 Å². The van der Waals surface area contributed by atoms with Crippen LogP contribution >= 0.6 is 11.6 Å². The first-order valence-corrected chi connectivity index (χ1v) is 12.8. The Bertz CT molecular complexity index is 1710. The van der Waals surface area contributed by atoms with Crippen molar-refractivity contribution >= 4 is 39.2 Å². The van der Waals surface area contributed by atoms with Crippen molar-refractivity contribution in [3.05, 3.63) is 82.0 Å². The highest BCUT2D eigenvalue weighted by atomic mass is 35.5. The van der Waals surface area contributed by atoms with Crippen LogP contribution in [0.4, 0.5) is 4.39 Å². The Kier molecular flexibility index (Phi) is 6.29. The van der Waals surface area contributed by atoms with E-state index < -0.39 is 5.97 Å². The van der Waals surface area contributed by atoms with E-state index in [1.165, 1.54) is 12.1 Å². The van der Waals surface area contributed by atoms with Crippen molar-refractivity contribution < 1.29 is 23.8 Å². The van der Waals surface area contributed by atoms with Gasteiger partial charge in [0.1, 0.15) is 17.3 Å². The van der Waals surface area contributed by atoms with Crippen molar-refractivity contribution in [2.24, 2.45) is 0 Å². The fraction of sp³-hybridized carbons (Fsp3) is 0.241. The Hall–Kier alpha value is -3.88. The highest BCUT2D eigenvalue weighted by Crippen LogP contribution is 2.41. The number of H-pyrrole nitrogens is 1. The van der Waals surface area contributed by atoms with Crippen LogP contribution < -0.4 is 4.74 Å². The molecule has 0 unspecified atom stereocenters. The number of hydrogen-bond donors (Lipinski definition) is 2. The molecule has 0 bridgehead atoms. The first-order valence-electron chi connectivity index (χ1n) is 12.4. The fourth-order valence-electron chi connectivity index (χ4n) is 5.37. The molecule has 0 fully saturated rings. The molecule has 7 nitrogen and oxygen atoms in total. The number of carboxylic acids is 1. The van der Waals surface area contributed by atoms with Gasteiger partial charge in [-0.25, -0.2) is 9.18 Å². The molecule has 0 spiro atoms. The first-order chi connectivity index (χ1) is 18.4. The van der Waals surface area contributed by atoms with Crippen LogP contribution in [0.1, 0.15) is 33.9 Å². The second kappa shape index (κ2) is 9.78. The molecule has 0 atom stereocenters. The standard InChI is InChI=1S/C29H25ClFN3O4/c1-16-25(23-15-37-13-11-34(23)33-16)26-22(30)10-9-21-20(28(29(35)36)32-27(21)26)5-3-12-38-24-6-2-4-17-14-18(31)7-8-19(17)24/h2,4,6-10,14,32H,3,5,11-13,15H2,1H3,(H,35,36). The highest BCUT2D eigenvalue weighted by molar-refractivity contribution is 6.35. The molecular formula is C29H25ClFN3O4. The molecule has 0 saturated carbocycles. The second-order valence-electron chi connectivity index (χ2n) is 9.39. The quantitative estimate of drug-likeness (QED) is 0.232. The number of fused-ring (bicyclic) bond motifs is 3. The molecule has 3 aromatic carbocycles. The van der Waals surface area contributed by atoms with Crippen molar-refractivity contribution in [1.29, 1.82) is 0 Å². The predicted octanol–water partition coefficient (Wildman–Crippen LogP) is 6.53. The van der Waals surface area contributed by atoms with E-state index >= 15 is 0 Å². The Balaban J connectivity index is 1.32. The summed E-state index contributed by atoms with van der Waals surface area (Å²) >= 11 is 6.71. The van der Waals surface area contributed by atoms with Crippen molar-refractivity contribution in [3.63, 3.8) is 0 Å². The average Bonchev–Trinajstić information content (AvgIpc) is 3.43. The van der Waals surface area contributed by atoms with Crippen LogP contribution in [0.15, 0.2) is 48.5 Å². The average molecular weight is 534 g/mol. The maximum absolute atomic E-state index is 13.6. The molecule has 1 aliphatic heterocycles. The Morgan fingerprint density at radius 3 is 2.89 bits per heavy atom. The van der Waals surface area contributed by atoms with Crippen LogP contribution in [0.25, 0.3) is 32.8 Å². The smallest absolute Gasteiger partial charge is 0.352 e. The van der Waals surface area contributed by atoms with Gasteiger partial charge in [0.2, 0.25) is 0 Å². The summed E-state index contributed by atoms with van der Waals surface area (Å²) < 4.78 is 27.2. The third-order valence-electron chi connectivity index (χ3n) is 7.05. The molecule has 2 aromatic heterocycles. The fourth-order valence-corrected chi connectivity index (χ4v) is 5.62. The Labute approximate surface area is 222 Å². The lowest BCUT2D eigenvalue weighted by molar-refractivity contribution is 0.0690. The van der Waals surface area contributed by atoms with E-state index in [-0.39, 0.29) is 11.5 Å². The number of carbonyl (C=O) groups is 1. The summed E-state index contributed by atoms with van der Waals surface area (Å²) in [4.78, 5) is 15.4. The van der Waals surface area contributed by atoms with Gasteiger partial charge >= 0.3 is 5.97 Å². The molecule has 38 heavy (non-hydrogen) atoms. The van der Waals surface area contributed by atoms with Gasteiger partial charge in [-0.05, 0) is 61.0 Å². The van der Waals surface area contributed by atoms with E-state index in [1.807, 2.05) is 35.9 Å².